The van der Waals surface area contributed by atoms with E-state index < -0.39 is 35.4 Å². The van der Waals surface area contributed by atoms with Crippen LogP contribution in [0, 0.1) is 11.3 Å². The standard InChI is InChI=1S/C26H31F6N3O2/c1-17(2)13-24(6-8-35(9-7-24)16-18-4-5-22(37-3)33-14-18)23(36)34-15-19-10-20(25(27,28)29)12-21(11-19)26(30,31)32/h4-5,10-12,14,17H,6-9,13,15-16H2,1-3H3,(H,34,36). The SMILES string of the molecule is COc1ccc(CN2CCC(CC(C)C)(C(=O)NCc3cc(C(F)(F)F)cc(C(F)(F)F)c3)CC2)cn1. The average molecular weight is 532 g/mol. The van der Waals surface area contributed by atoms with Crippen molar-refractivity contribution >= 4 is 5.91 Å². The van der Waals surface area contributed by atoms with E-state index in [1.165, 1.54) is 7.11 Å². The number of methoxy groups -OCH3 is 1. The van der Waals surface area contributed by atoms with Gasteiger partial charge in [0.1, 0.15) is 0 Å². The number of carbonyl (C=O) groups is 1. The van der Waals surface area contributed by atoms with Crippen LogP contribution in [0.1, 0.15) is 55.4 Å². The number of rotatable bonds is 8. The second kappa shape index (κ2) is 11.3. The highest BCUT2D eigenvalue weighted by Gasteiger charge is 2.42. The van der Waals surface area contributed by atoms with Gasteiger partial charge in [-0.2, -0.15) is 26.3 Å². The number of halogens is 6. The fraction of sp³-hybridized carbons (Fsp3) is 0.538. The molecule has 0 aliphatic carbocycles. The van der Waals surface area contributed by atoms with E-state index in [0.717, 1.165) is 5.56 Å². The number of pyridine rings is 1. The molecule has 5 nitrogen and oxygen atoms in total. The van der Waals surface area contributed by atoms with Crippen LogP contribution < -0.4 is 10.1 Å². The van der Waals surface area contributed by atoms with Crippen LogP contribution in [0.15, 0.2) is 36.5 Å². The number of benzene rings is 1. The smallest absolute Gasteiger partial charge is 0.416 e. The topological polar surface area (TPSA) is 54.5 Å². The van der Waals surface area contributed by atoms with Gasteiger partial charge in [0.25, 0.3) is 0 Å². The zero-order valence-electron chi connectivity index (χ0n) is 21.0. The third kappa shape index (κ3) is 7.59. The predicted octanol–water partition coefficient (Wildman–Crippen LogP) is 6.07. The maximum atomic E-state index is 13.3. The van der Waals surface area contributed by atoms with Crippen molar-refractivity contribution in [1.82, 2.24) is 15.2 Å². The van der Waals surface area contributed by atoms with Crippen molar-refractivity contribution in [3.8, 4) is 5.88 Å². The normalized spacial score (nSPS) is 16.6. The molecule has 2 aromatic rings. The number of amides is 1. The number of piperidine rings is 1. The highest BCUT2D eigenvalue weighted by atomic mass is 19.4. The van der Waals surface area contributed by atoms with Crippen molar-refractivity contribution in [2.75, 3.05) is 20.2 Å². The lowest BCUT2D eigenvalue weighted by molar-refractivity contribution is -0.143. The van der Waals surface area contributed by atoms with E-state index in [1.54, 1.807) is 12.3 Å². The molecule has 0 bridgehead atoms. The van der Waals surface area contributed by atoms with E-state index in [-0.39, 0.29) is 23.5 Å². The Bertz CT molecular complexity index is 1030. The Morgan fingerprint density at radius 2 is 1.62 bits per heavy atom. The van der Waals surface area contributed by atoms with E-state index in [2.05, 4.69) is 15.2 Å². The van der Waals surface area contributed by atoms with Crippen LogP contribution in [-0.2, 0) is 30.2 Å². The van der Waals surface area contributed by atoms with Crippen LogP contribution in [0.3, 0.4) is 0 Å². The van der Waals surface area contributed by atoms with Crippen molar-refractivity contribution in [3.05, 3.63) is 58.8 Å². The van der Waals surface area contributed by atoms with Crippen LogP contribution in [-0.4, -0.2) is 36.0 Å². The van der Waals surface area contributed by atoms with E-state index in [4.69, 9.17) is 4.74 Å². The number of aromatic nitrogens is 1. The van der Waals surface area contributed by atoms with E-state index >= 15 is 0 Å². The zero-order chi connectivity index (χ0) is 27.4. The molecule has 0 saturated carbocycles. The van der Waals surface area contributed by atoms with Crippen LogP contribution in [0.5, 0.6) is 5.88 Å². The summed E-state index contributed by atoms with van der Waals surface area (Å²) in [7, 11) is 1.54. The molecule has 0 radical (unpaired) electrons. The fourth-order valence-corrected chi connectivity index (χ4v) is 4.82. The number of hydrogen-bond donors (Lipinski definition) is 1. The number of carbonyl (C=O) groups excluding carboxylic acids is 1. The van der Waals surface area contributed by atoms with Gasteiger partial charge in [-0.05, 0) is 67.6 Å². The third-order valence-corrected chi connectivity index (χ3v) is 6.61. The van der Waals surface area contributed by atoms with Gasteiger partial charge in [0, 0.05) is 25.4 Å². The van der Waals surface area contributed by atoms with Gasteiger partial charge in [-0.15, -0.1) is 0 Å². The zero-order valence-corrected chi connectivity index (χ0v) is 21.0. The molecule has 1 amide bonds. The Morgan fingerprint density at radius 3 is 2.08 bits per heavy atom. The minimum Gasteiger partial charge on any atom is -0.481 e. The molecule has 2 heterocycles. The van der Waals surface area contributed by atoms with E-state index in [0.29, 0.717) is 56.9 Å². The number of ether oxygens (including phenoxy) is 1. The lowest BCUT2D eigenvalue weighted by atomic mass is 9.72. The van der Waals surface area contributed by atoms with E-state index in [9.17, 15) is 31.1 Å². The number of hydrogen-bond acceptors (Lipinski definition) is 4. The first-order chi connectivity index (χ1) is 17.2. The van der Waals surface area contributed by atoms with Crippen molar-refractivity contribution in [1.29, 1.82) is 0 Å². The Morgan fingerprint density at radius 1 is 1.03 bits per heavy atom. The highest BCUT2D eigenvalue weighted by Crippen LogP contribution is 2.39. The molecule has 0 unspecified atom stereocenters. The summed E-state index contributed by atoms with van der Waals surface area (Å²) in [6, 6.07) is 5.07. The summed E-state index contributed by atoms with van der Waals surface area (Å²) in [6.07, 6.45) is -6.54. The molecule has 0 spiro atoms. The minimum absolute atomic E-state index is 0.0830. The quantitative estimate of drug-likeness (QED) is 0.420. The largest absolute Gasteiger partial charge is 0.481 e. The Kier molecular flexibility index (Phi) is 8.77. The van der Waals surface area contributed by atoms with Crippen molar-refractivity contribution < 1.29 is 35.9 Å². The van der Waals surface area contributed by atoms with Crippen molar-refractivity contribution in [2.45, 2.75) is 58.6 Å². The van der Waals surface area contributed by atoms with Gasteiger partial charge in [0.2, 0.25) is 11.8 Å². The average Bonchev–Trinajstić information content (AvgIpc) is 2.82. The van der Waals surface area contributed by atoms with Crippen LogP contribution in [0.4, 0.5) is 26.3 Å². The number of nitrogens with one attached hydrogen (secondary N) is 1. The third-order valence-electron chi connectivity index (χ3n) is 6.61. The molecule has 11 heteroatoms. The van der Waals surface area contributed by atoms with Crippen LogP contribution in [0.2, 0.25) is 0 Å². The van der Waals surface area contributed by atoms with Gasteiger partial charge in [-0.3, -0.25) is 9.69 Å². The van der Waals surface area contributed by atoms with Gasteiger partial charge in [-0.25, -0.2) is 4.98 Å². The molecule has 1 aliphatic heterocycles. The lowest BCUT2D eigenvalue weighted by Crippen LogP contribution is -2.49. The minimum atomic E-state index is -4.94. The predicted molar refractivity (Wildman–Crippen MR) is 125 cm³/mol. The Balaban J connectivity index is 1.71. The molecule has 37 heavy (non-hydrogen) atoms. The first-order valence-corrected chi connectivity index (χ1v) is 12.0. The van der Waals surface area contributed by atoms with Gasteiger partial charge in [-0.1, -0.05) is 19.9 Å². The summed E-state index contributed by atoms with van der Waals surface area (Å²) in [5.74, 6) is 0.338. The maximum Gasteiger partial charge on any atom is 0.416 e. The highest BCUT2D eigenvalue weighted by molar-refractivity contribution is 5.82. The first-order valence-electron chi connectivity index (χ1n) is 12.0. The molecule has 3 rings (SSSR count). The molecular formula is C26H31F6N3O2. The van der Waals surface area contributed by atoms with Gasteiger partial charge in [0.15, 0.2) is 0 Å². The maximum absolute atomic E-state index is 13.3. The number of nitrogens with zero attached hydrogens (tertiary/aromatic N) is 2. The number of likely N-dealkylation sites (tertiary alicyclic amines) is 1. The van der Waals surface area contributed by atoms with Crippen LogP contribution >= 0.6 is 0 Å². The second-order valence-electron chi connectivity index (χ2n) is 9.96. The first kappa shape index (κ1) is 28.7. The summed E-state index contributed by atoms with van der Waals surface area (Å²) in [4.78, 5) is 19.7. The molecule has 1 aliphatic rings. The summed E-state index contributed by atoms with van der Waals surface area (Å²) < 4.78 is 84.2. The summed E-state index contributed by atoms with van der Waals surface area (Å²) >= 11 is 0. The van der Waals surface area contributed by atoms with Crippen LogP contribution in [0.25, 0.3) is 0 Å². The molecular weight excluding hydrogens is 500 g/mol. The number of alkyl halides is 6. The molecule has 1 fully saturated rings. The Hall–Kier alpha value is -2.82. The molecule has 204 valence electrons. The molecule has 1 aromatic carbocycles. The molecule has 1 saturated heterocycles. The van der Waals surface area contributed by atoms with E-state index in [1.807, 2.05) is 19.9 Å². The monoisotopic (exact) mass is 531 g/mol. The lowest BCUT2D eigenvalue weighted by Gasteiger charge is -2.41. The molecule has 1 N–H and O–H groups in total. The summed E-state index contributed by atoms with van der Waals surface area (Å²) in [6.45, 7) is 5.41. The Labute approximate surface area is 212 Å². The van der Waals surface area contributed by atoms with Gasteiger partial charge < -0.3 is 10.1 Å². The summed E-state index contributed by atoms with van der Waals surface area (Å²) in [5, 5.41) is 2.63. The van der Waals surface area contributed by atoms with Gasteiger partial charge >= 0.3 is 12.4 Å². The molecule has 0 atom stereocenters. The van der Waals surface area contributed by atoms with Crippen molar-refractivity contribution in [3.63, 3.8) is 0 Å². The second-order valence-corrected chi connectivity index (χ2v) is 9.96. The summed E-state index contributed by atoms with van der Waals surface area (Å²) in [5.41, 5.74) is -2.81. The molecule has 1 aromatic heterocycles. The fourth-order valence-electron chi connectivity index (χ4n) is 4.82. The van der Waals surface area contributed by atoms with Gasteiger partial charge in [0.05, 0.1) is 23.7 Å². The van der Waals surface area contributed by atoms with Crippen molar-refractivity contribution in [2.24, 2.45) is 11.3 Å².